The summed E-state index contributed by atoms with van der Waals surface area (Å²) in [5, 5.41) is 0. The van der Waals surface area contributed by atoms with Gasteiger partial charge in [-0.15, -0.1) is 0 Å². The van der Waals surface area contributed by atoms with Crippen molar-refractivity contribution in [2.45, 2.75) is 39.7 Å². The van der Waals surface area contributed by atoms with Gasteiger partial charge in [-0.05, 0) is 30.9 Å². The number of unbranched alkanes of at least 4 members (excludes halogenated alkanes) is 1. The highest BCUT2D eigenvalue weighted by Crippen LogP contribution is 2.09. The van der Waals surface area contributed by atoms with Gasteiger partial charge in [0, 0.05) is 5.57 Å². The van der Waals surface area contributed by atoms with Gasteiger partial charge in [-0.3, -0.25) is 0 Å². The molecule has 0 bridgehead atoms. The Morgan fingerprint density at radius 1 is 1.24 bits per heavy atom. The molecule has 0 saturated carbocycles. The molecule has 0 aliphatic rings. The minimum atomic E-state index is -0.333. The van der Waals surface area contributed by atoms with Crippen LogP contribution in [-0.4, -0.2) is 5.97 Å². The van der Waals surface area contributed by atoms with Gasteiger partial charge in [-0.25, -0.2) is 4.79 Å². The minimum absolute atomic E-state index is 0.319. The lowest BCUT2D eigenvalue weighted by atomic mass is 10.1. The number of esters is 1. The van der Waals surface area contributed by atoms with Crippen LogP contribution < -0.4 is 0 Å². The minimum Gasteiger partial charge on any atom is -0.457 e. The van der Waals surface area contributed by atoms with Gasteiger partial charge in [-0.1, -0.05) is 44.2 Å². The summed E-state index contributed by atoms with van der Waals surface area (Å²) in [6, 6.07) is 8.21. The molecule has 0 N–H and O–H groups in total. The Morgan fingerprint density at radius 2 is 1.82 bits per heavy atom. The normalized spacial score (nSPS) is 10.0. The van der Waals surface area contributed by atoms with Crippen molar-refractivity contribution in [3.8, 4) is 0 Å². The maximum Gasteiger partial charge on any atom is 0.333 e. The average molecular weight is 232 g/mol. The fourth-order valence-electron chi connectivity index (χ4n) is 1.46. The van der Waals surface area contributed by atoms with E-state index in [1.807, 2.05) is 12.1 Å². The molecule has 1 aromatic rings. The number of hydrogen-bond acceptors (Lipinski definition) is 2. The fraction of sp³-hybridized carbons (Fsp3) is 0.400. The molecule has 0 aliphatic heterocycles. The molecule has 1 aromatic carbocycles. The van der Waals surface area contributed by atoms with E-state index in [9.17, 15) is 4.79 Å². The molecule has 0 atom stereocenters. The molecule has 92 valence electrons. The van der Waals surface area contributed by atoms with E-state index in [-0.39, 0.29) is 5.97 Å². The standard InChI is InChI=1S/C15H20O2/c1-4-5-6-13-7-9-14(10-8-13)11-17-15(16)12(2)3/h7-10H,2,4-6,11H2,1,3H3. The molecule has 0 aliphatic carbocycles. The number of benzene rings is 1. The molecular formula is C15H20O2. The monoisotopic (exact) mass is 232 g/mol. The third-order valence-corrected chi connectivity index (χ3v) is 2.56. The summed E-state index contributed by atoms with van der Waals surface area (Å²) >= 11 is 0. The van der Waals surface area contributed by atoms with Gasteiger partial charge in [0.1, 0.15) is 6.61 Å². The molecule has 0 spiro atoms. The zero-order chi connectivity index (χ0) is 12.7. The third-order valence-electron chi connectivity index (χ3n) is 2.56. The van der Waals surface area contributed by atoms with Gasteiger partial charge >= 0.3 is 5.97 Å². The Hall–Kier alpha value is -1.57. The SMILES string of the molecule is C=C(C)C(=O)OCc1ccc(CCCC)cc1. The van der Waals surface area contributed by atoms with Crippen molar-refractivity contribution in [2.75, 3.05) is 0 Å². The van der Waals surface area contributed by atoms with Crippen LogP contribution in [0.5, 0.6) is 0 Å². The Balaban J connectivity index is 2.45. The first-order chi connectivity index (χ1) is 8.13. The number of aryl methyl sites for hydroxylation is 1. The smallest absolute Gasteiger partial charge is 0.333 e. The Bertz CT molecular complexity index is 376. The molecule has 0 amide bonds. The molecule has 0 fully saturated rings. The highest BCUT2D eigenvalue weighted by atomic mass is 16.5. The predicted molar refractivity (Wildman–Crippen MR) is 69.7 cm³/mol. The van der Waals surface area contributed by atoms with Crippen molar-refractivity contribution in [3.05, 3.63) is 47.5 Å². The summed E-state index contributed by atoms with van der Waals surface area (Å²) in [5.41, 5.74) is 2.78. The van der Waals surface area contributed by atoms with Crippen LogP contribution in [0.25, 0.3) is 0 Å². The van der Waals surface area contributed by atoms with Crippen LogP contribution >= 0.6 is 0 Å². The summed E-state index contributed by atoms with van der Waals surface area (Å²) in [5.74, 6) is -0.333. The predicted octanol–water partition coefficient (Wildman–Crippen LogP) is 3.65. The second kappa shape index (κ2) is 6.89. The van der Waals surface area contributed by atoms with Gasteiger partial charge in [0.05, 0.1) is 0 Å². The molecular weight excluding hydrogens is 212 g/mol. The number of carbonyl (C=O) groups is 1. The first-order valence-electron chi connectivity index (χ1n) is 6.04. The summed E-state index contributed by atoms with van der Waals surface area (Å²) in [6.07, 6.45) is 3.53. The largest absolute Gasteiger partial charge is 0.457 e. The average Bonchev–Trinajstić information content (AvgIpc) is 2.34. The van der Waals surface area contributed by atoms with E-state index < -0.39 is 0 Å². The van der Waals surface area contributed by atoms with Crippen LogP contribution in [0.4, 0.5) is 0 Å². The van der Waals surface area contributed by atoms with Gasteiger partial charge in [-0.2, -0.15) is 0 Å². The maximum atomic E-state index is 11.2. The summed E-state index contributed by atoms with van der Waals surface area (Å²) in [4.78, 5) is 11.2. The molecule has 0 saturated heterocycles. The number of ether oxygens (including phenoxy) is 1. The molecule has 0 radical (unpaired) electrons. The summed E-state index contributed by atoms with van der Waals surface area (Å²) < 4.78 is 5.07. The first-order valence-corrected chi connectivity index (χ1v) is 6.04. The molecule has 0 heterocycles. The lowest BCUT2D eigenvalue weighted by Crippen LogP contribution is -2.04. The van der Waals surface area contributed by atoms with Crippen LogP contribution in [0.3, 0.4) is 0 Å². The molecule has 17 heavy (non-hydrogen) atoms. The van der Waals surface area contributed by atoms with Crippen molar-refractivity contribution < 1.29 is 9.53 Å². The van der Waals surface area contributed by atoms with Crippen LogP contribution in [0.15, 0.2) is 36.4 Å². The summed E-state index contributed by atoms with van der Waals surface area (Å²) in [6.45, 7) is 7.69. The Kier molecular flexibility index (Phi) is 5.47. The van der Waals surface area contributed by atoms with E-state index in [0.717, 1.165) is 12.0 Å². The second-order valence-corrected chi connectivity index (χ2v) is 4.28. The first kappa shape index (κ1) is 13.5. The maximum absolute atomic E-state index is 11.2. The molecule has 0 aromatic heterocycles. The van der Waals surface area contributed by atoms with Crippen molar-refractivity contribution in [2.24, 2.45) is 0 Å². The number of carbonyl (C=O) groups excluding carboxylic acids is 1. The van der Waals surface area contributed by atoms with E-state index in [1.54, 1.807) is 6.92 Å². The van der Waals surface area contributed by atoms with Crippen LogP contribution in [-0.2, 0) is 22.6 Å². The number of rotatable bonds is 6. The number of hydrogen-bond donors (Lipinski definition) is 0. The summed E-state index contributed by atoms with van der Waals surface area (Å²) in [7, 11) is 0. The van der Waals surface area contributed by atoms with Gasteiger partial charge in [0.2, 0.25) is 0 Å². The van der Waals surface area contributed by atoms with Crippen LogP contribution in [0.1, 0.15) is 37.8 Å². The quantitative estimate of drug-likeness (QED) is 0.553. The van der Waals surface area contributed by atoms with Gasteiger partial charge in [0.25, 0.3) is 0 Å². The zero-order valence-corrected chi connectivity index (χ0v) is 10.7. The topological polar surface area (TPSA) is 26.3 Å². The van der Waals surface area contributed by atoms with Crippen molar-refractivity contribution in [1.82, 2.24) is 0 Å². The zero-order valence-electron chi connectivity index (χ0n) is 10.7. The van der Waals surface area contributed by atoms with E-state index in [0.29, 0.717) is 12.2 Å². The third kappa shape index (κ3) is 4.85. The Labute approximate surface area is 103 Å². The van der Waals surface area contributed by atoms with Crippen molar-refractivity contribution in [3.63, 3.8) is 0 Å². The van der Waals surface area contributed by atoms with Crippen molar-refractivity contribution in [1.29, 1.82) is 0 Å². The second-order valence-electron chi connectivity index (χ2n) is 4.28. The van der Waals surface area contributed by atoms with E-state index >= 15 is 0 Å². The van der Waals surface area contributed by atoms with Crippen LogP contribution in [0, 0.1) is 0 Å². The lowest BCUT2D eigenvalue weighted by Gasteiger charge is -2.05. The van der Waals surface area contributed by atoms with Gasteiger partial charge < -0.3 is 4.74 Å². The molecule has 2 heteroatoms. The van der Waals surface area contributed by atoms with E-state index in [2.05, 4.69) is 25.6 Å². The highest BCUT2D eigenvalue weighted by molar-refractivity contribution is 5.86. The fourth-order valence-corrected chi connectivity index (χ4v) is 1.46. The Morgan fingerprint density at radius 3 is 2.35 bits per heavy atom. The molecule has 0 unspecified atom stereocenters. The van der Waals surface area contributed by atoms with Gasteiger partial charge in [0.15, 0.2) is 0 Å². The van der Waals surface area contributed by atoms with Crippen LogP contribution in [0.2, 0.25) is 0 Å². The molecule has 1 rings (SSSR count). The van der Waals surface area contributed by atoms with E-state index in [4.69, 9.17) is 4.74 Å². The highest BCUT2D eigenvalue weighted by Gasteiger charge is 2.03. The lowest BCUT2D eigenvalue weighted by molar-refractivity contribution is -0.140. The van der Waals surface area contributed by atoms with Crippen molar-refractivity contribution >= 4 is 5.97 Å². The van der Waals surface area contributed by atoms with E-state index in [1.165, 1.54) is 18.4 Å². The molecule has 2 nitrogen and oxygen atoms in total.